The average Bonchev–Trinajstić information content (AvgIpc) is 2.90. The van der Waals surface area contributed by atoms with Gasteiger partial charge in [0.15, 0.2) is 5.84 Å². The molecule has 0 radical (unpaired) electrons. The molecule has 3 N–H and O–H groups in total. The van der Waals surface area contributed by atoms with Crippen molar-refractivity contribution >= 4 is 23.3 Å². The Kier molecular flexibility index (Phi) is 3.78. The van der Waals surface area contributed by atoms with E-state index in [4.69, 9.17) is 10.9 Å². The predicted molar refractivity (Wildman–Crippen MR) is 72.2 cm³/mol. The Morgan fingerprint density at radius 3 is 2.71 bits per heavy atom. The SMILES string of the molecule is CSc1cccc(N2CCCC2)c1/C(N)=N/O. The second-order valence-electron chi connectivity index (χ2n) is 4.03. The highest BCUT2D eigenvalue weighted by Gasteiger charge is 2.19. The molecule has 0 saturated carbocycles. The number of hydrogen-bond donors (Lipinski definition) is 2. The Morgan fingerprint density at radius 2 is 2.12 bits per heavy atom. The smallest absolute Gasteiger partial charge is 0.173 e. The highest BCUT2D eigenvalue weighted by molar-refractivity contribution is 7.98. The van der Waals surface area contributed by atoms with Crippen LogP contribution in [-0.2, 0) is 0 Å². The van der Waals surface area contributed by atoms with E-state index in [1.807, 2.05) is 24.5 Å². The zero-order valence-electron chi connectivity index (χ0n) is 9.89. The van der Waals surface area contributed by atoms with Crippen LogP contribution in [0, 0.1) is 0 Å². The zero-order chi connectivity index (χ0) is 12.3. The second-order valence-corrected chi connectivity index (χ2v) is 4.88. The number of thioether (sulfide) groups is 1. The topological polar surface area (TPSA) is 61.8 Å². The van der Waals surface area contributed by atoms with Gasteiger partial charge < -0.3 is 15.8 Å². The minimum Gasteiger partial charge on any atom is -0.409 e. The van der Waals surface area contributed by atoms with Gasteiger partial charge in [0, 0.05) is 23.7 Å². The number of anilines is 1. The highest BCUT2D eigenvalue weighted by Crippen LogP contribution is 2.31. The van der Waals surface area contributed by atoms with E-state index in [0.717, 1.165) is 29.2 Å². The third-order valence-corrected chi connectivity index (χ3v) is 3.81. The number of benzene rings is 1. The Hall–Kier alpha value is -1.36. The minimum atomic E-state index is 0.192. The van der Waals surface area contributed by atoms with Crippen LogP contribution >= 0.6 is 11.8 Å². The van der Waals surface area contributed by atoms with Gasteiger partial charge in [-0.1, -0.05) is 11.2 Å². The van der Waals surface area contributed by atoms with E-state index in [9.17, 15) is 0 Å². The lowest BCUT2D eigenvalue weighted by atomic mass is 10.1. The summed E-state index contributed by atoms with van der Waals surface area (Å²) in [6.45, 7) is 2.09. The fourth-order valence-electron chi connectivity index (χ4n) is 2.22. The minimum absolute atomic E-state index is 0.192. The molecule has 4 nitrogen and oxygen atoms in total. The average molecular weight is 251 g/mol. The Labute approximate surface area is 105 Å². The van der Waals surface area contributed by atoms with E-state index in [1.54, 1.807) is 11.8 Å². The molecule has 1 fully saturated rings. The largest absolute Gasteiger partial charge is 0.409 e. The van der Waals surface area contributed by atoms with Crippen molar-refractivity contribution in [3.8, 4) is 0 Å². The van der Waals surface area contributed by atoms with Crippen LogP contribution in [0.25, 0.3) is 0 Å². The molecule has 0 unspecified atom stereocenters. The molecule has 92 valence electrons. The molecule has 1 aliphatic rings. The maximum absolute atomic E-state index is 8.91. The molecule has 0 aliphatic carbocycles. The lowest BCUT2D eigenvalue weighted by Crippen LogP contribution is -2.24. The lowest BCUT2D eigenvalue weighted by molar-refractivity contribution is 0.318. The summed E-state index contributed by atoms with van der Waals surface area (Å²) in [5.41, 5.74) is 7.72. The van der Waals surface area contributed by atoms with Crippen molar-refractivity contribution in [1.29, 1.82) is 0 Å². The first-order chi connectivity index (χ1) is 8.27. The van der Waals surface area contributed by atoms with Crippen LogP contribution in [0.4, 0.5) is 5.69 Å². The molecular formula is C12H17N3OS. The fraction of sp³-hybridized carbons (Fsp3) is 0.417. The summed E-state index contributed by atoms with van der Waals surface area (Å²) in [7, 11) is 0. The summed E-state index contributed by atoms with van der Waals surface area (Å²) in [5, 5.41) is 12.1. The molecule has 1 aromatic rings. The standard InChI is InChI=1S/C12H17N3OS/c1-17-10-6-4-5-9(11(10)12(13)14-16)15-7-2-3-8-15/h4-6,16H,2-3,7-8H2,1H3,(H2,13,14). The molecule has 0 atom stereocenters. The quantitative estimate of drug-likeness (QED) is 0.284. The molecule has 1 saturated heterocycles. The molecule has 17 heavy (non-hydrogen) atoms. The van der Waals surface area contributed by atoms with Gasteiger partial charge in [0.25, 0.3) is 0 Å². The Morgan fingerprint density at radius 1 is 1.41 bits per heavy atom. The van der Waals surface area contributed by atoms with Crippen molar-refractivity contribution in [2.24, 2.45) is 10.9 Å². The van der Waals surface area contributed by atoms with E-state index < -0.39 is 0 Å². The normalized spacial score (nSPS) is 16.5. The molecule has 0 aromatic heterocycles. The maximum atomic E-state index is 8.91. The van der Waals surface area contributed by atoms with E-state index in [-0.39, 0.29) is 5.84 Å². The molecule has 1 aliphatic heterocycles. The van der Waals surface area contributed by atoms with Gasteiger partial charge in [-0.3, -0.25) is 0 Å². The Bertz CT molecular complexity index is 428. The van der Waals surface area contributed by atoms with Gasteiger partial charge in [-0.15, -0.1) is 11.8 Å². The summed E-state index contributed by atoms with van der Waals surface area (Å²) in [6, 6.07) is 6.06. The number of amidine groups is 1. The van der Waals surface area contributed by atoms with Crippen LogP contribution in [0.15, 0.2) is 28.3 Å². The second kappa shape index (κ2) is 5.31. The summed E-state index contributed by atoms with van der Waals surface area (Å²) in [5.74, 6) is 0.192. The number of nitrogens with two attached hydrogens (primary N) is 1. The number of rotatable bonds is 3. The summed E-state index contributed by atoms with van der Waals surface area (Å²) in [4.78, 5) is 3.34. The van der Waals surface area contributed by atoms with Gasteiger partial charge >= 0.3 is 0 Å². The molecule has 0 bridgehead atoms. The van der Waals surface area contributed by atoms with Crippen molar-refractivity contribution in [3.63, 3.8) is 0 Å². The van der Waals surface area contributed by atoms with E-state index in [1.165, 1.54) is 12.8 Å². The molecule has 5 heteroatoms. The van der Waals surface area contributed by atoms with E-state index in [2.05, 4.69) is 10.1 Å². The van der Waals surface area contributed by atoms with Gasteiger partial charge in [-0.25, -0.2) is 0 Å². The molecule has 1 heterocycles. The predicted octanol–water partition coefficient (Wildman–Crippen LogP) is 2.10. The fourth-order valence-corrected chi connectivity index (χ4v) is 2.85. The third kappa shape index (κ3) is 2.34. The van der Waals surface area contributed by atoms with Crippen LogP contribution in [0.5, 0.6) is 0 Å². The van der Waals surface area contributed by atoms with Crippen molar-refractivity contribution in [1.82, 2.24) is 0 Å². The van der Waals surface area contributed by atoms with Gasteiger partial charge in [0.1, 0.15) is 0 Å². The summed E-state index contributed by atoms with van der Waals surface area (Å²) < 4.78 is 0. The zero-order valence-corrected chi connectivity index (χ0v) is 10.7. The van der Waals surface area contributed by atoms with Crippen LogP contribution in [0.3, 0.4) is 0 Å². The van der Waals surface area contributed by atoms with E-state index >= 15 is 0 Å². The lowest BCUT2D eigenvalue weighted by Gasteiger charge is -2.22. The maximum Gasteiger partial charge on any atom is 0.173 e. The molecular weight excluding hydrogens is 234 g/mol. The van der Waals surface area contributed by atoms with Crippen molar-refractivity contribution < 1.29 is 5.21 Å². The Balaban J connectivity index is 2.49. The number of hydrogen-bond acceptors (Lipinski definition) is 4. The van der Waals surface area contributed by atoms with Crippen LogP contribution < -0.4 is 10.6 Å². The van der Waals surface area contributed by atoms with Crippen LogP contribution in [-0.4, -0.2) is 30.4 Å². The van der Waals surface area contributed by atoms with Crippen LogP contribution in [0.1, 0.15) is 18.4 Å². The van der Waals surface area contributed by atoms with Gasteiger partial charge in [0.05, 0.1) is 5.56 Å². The number of nitrogens with zero attached hydrogens (tertiary/aromatic N) is 2. The summed E-state index contributed by atoms with van der Waals surface area (Å²) >= 11 is 1.61. The first kappa shape index (κ1) is 12.1. The highest BCUT2D eigenvalue weighted by atomic mass is 32.2. The first-order valence-electron chi connectivity index (χ1n) is 5.67. The first-order valence-corrected chi connectivity index (χ1v) is 6.90. The monoisotopic (exact) mass is 251 g/mol. The third-order valence-electron chi connectivity index (χ3n) is 3.03. The van der Waals surface area contributed by atoms with Crippen LogP contribution in [0.2, 0.25) is 0 Å². The molecule has 0 spiro atoms. The van der Waals surface area contributed by atoms with Gasteiger partial charge in [0.2, 0.25) is 0 Å². The molecule has 2 rings (SSSR count). The van der Waals surface area contributed by atoms with Crippen molar-refractivity contribution in [3.05, 3.63) is 23.8 Å². The number of oxime groups is 1. The van der Waals surface area contributed by atoms with E-state index in [0.29, 0.717) is 0 Å². The molecule has 0 amide bonds. The van der Waals surface area contributed by atoms with Crippen molar-refractivity contribution in [2.45, 2.75) is 17.7 Å². The van der Waals surface area contributed by atoms with Gasteiger partial charge in [-0.2, -0.15) is 0 Å². The summed E-state index contributed by atoms with van der Waals surface area (Å²) in [6.07, 6.45) is 4.41. The van der Waals surface area contributed by atoms with Crippen molar-refractivity contribution in [2.75, 3.05) is 24.2 Å². The molecule has 1 aromatic carbocycles. The van der Waals surface area contributed by atoms with Gasteiger partial charge in [-0.05, 0) is 31.2 Å².